The molecule has 0 aromatic heterocycles. The highest BCUT2D eigenvalue weighted by Crippen LogP contribution is 2.37. The van der Waals surface area contributed by atoms with Gasteiger partial charge < -0.3 is 35.0 Å². The molecular weight excluding hydrogens is 655 g/mol. The second kappa shape index (κ2) is 14.8. The summed E-state index contributed by atoms with van der Waals surface area (Å²) in [5.74, 6) is -1.36. The number of amides is 2. The maximum atomic E-state index is 13.3. The second-order valence-electron chi connectivity index (χ2n) is 9.12. The van der Waals surface area contributed by atoms with Gasteiger partial charge in [0.05, 0.1) is 29.9 Å². The first-order valence-electron chi connectivity index (χ1n) is 12.6. The first kappa shape index (κ1) is 31.8. The van der Waals surface area contributed by atoms with Crippen molar-refractivity contribution in [2.24, 2.45) is 0 Å². The van der Waals surface area contributed by atoms with Gasteiger partial charge in [-0.05, 0) is 64.1 Å². The first-order chi connectivity index (χ1) is 19.1. The Kier molecular flexibility index (Phi) is 11.8. The molecule has 0 unspecified atom stereocenters. The zero-order valence-corrected chi connectivity index (χ0v) is 25.0. The van der Waals surface area contributed by atoms with Gasteiger partial charge in [-0.3, -0.25) is 14.4 Å². The van der Waals surface area contributed by atoms with Gasteiger partial charge in [-0.25, -0.2) is 0 Å². The average molecular weight is 687 g/mol. The van der Waals surface area contributed by atoms with Crippen molar-refractivity contribution >= 4 is 51.8 Å². The van der Waals surface area contributed by atoms with Crippen LogP contribution in [0.25, 0.3) is 0 Å². The van der Waals surface area contributed by atoms with Gasteiger partial charge in [-0.1, -0.05) is 30.7 Å². The van der Waals surface area contributed by atoms with Crippen LogP contribution in [-0.2, 0) is 27.5 Å². The first-order valence-corrected chi connectivity index (χ1v) is 14.1. The second-order valence-corrected chi connectivity index (χ2v) is 10.7. The number of rotatable bonds is 12. The Balaban J connectivity index is 2.06. The molecule has 216 valence electrons. The number of carbonyl (C=O) groups is 3. The van der Waals surface area contributed by atoms with Gasteiger partial charge in [-0.15, -0.1) is 0 Å². The minimum absolute atomic E-state index is 0.00496. The van der Waals surface area contributed by atoms with Crippen molar-refractivity contribution in [2.45, 2.75) is 51.2 Å². The van der Waals surface area contributed by atoms with Crippen molar-refractivity contribution in [3.05, 3.63) is 67.8 Å². The molecule has 12 heteroatoms. The number of carbonyl (C=O) groups excluding carboxylic acids is 3. The van der Waals surface area contributed by atoms with Gasteiger partial charge in [0.1, 0.15) is 12.2 Å². The molecule has 40 heavy (non-hydrogen) atoms. The number of nitrogens with zero attached hydrogens (tertiary/aromatic N) is 1. The number of ketones is 1. The number of aliphatic hydroxyl groups excluding tert-OH is 3. The Morgan fingerprint density at radius 2 is 1.85 bits per heavy atom. The van der Waals surface area contributed by atoms with E-state index in [0.29, 0.717) is 25.5 Å². The Hall–Kier alpha value is -2.71. The van der Waals surface area contributed by atoms with Crippen LogP contribution >= 0.6 is 34.2 Å². The van der Waals surface area contributed by atoms with Crippen LogP contribution in [0.1, 0.15) is 30.9 Å². The number of ether oxygens (including phenoxy) is 2. The molecule has 0 radical (unpaired) electrons. The summed E-state index contributed by atoms with van der Waals surface area (Å²) < 4.78 is 12.2. The Labute approximate surface area is 251 Å². The fourth-order valence-corrected chi connectivity index (χ4v) is 5.25. The highest BCUT2D eigenvalue weighted by atomic mass is 127. The molecule has 4 N–H and O–H groups in total. The molecule has 3 atom stereocenters. The van der Waals surface area contributed by atoms with Crippen LogP contribution in [-0.4, -0.2) is 76.3 Å². The monoisotopic (exact) mass is 686 g/mol. The lowest BCUT2D eigenvalue weighted by Crippen LogP contribution is -2.56. The summed E-state index contributed by atoms with van der Waals surface area (Å²) in [6.07, 6.45) is -1.09. The topological polar surface area (TPSA) is 146 Å². The van der Waals surface area contributed by atoms with Gasteiger partial charge >= 0.3 is 0 Å². The molecule has 0 saturated carbocycles. The Morgan fingerprint density at radius 3 is 2.45 bits per heavy atom. The molecule has 0 heterocycles. The maximum Gasteiger partial charge on any atom is 0.290 e. The number of benzene rings is 2. The number of Topliss-reactive ketones (excluding diaryl/α,β-unsaturated/α-hetero) is 1. The molecular formula is C28H32ClIN2O8. The molecule has 3 rings (SSSR count). The van der Waals surface area contributed by atoms with Crippen molar-refractivity contribution in [3.63, 3.8) is 0 Å². The number of methoxy groups -OCH3 is 1. The van der Waals surface area contributed by atoms with Gasteiger partial charge in [0.15, 0.2) is 11.5 Å². The van der Waals surface area contributed by atoms with Crippen molar-refractivity contribution in [2.75, 3.05) is 20.3 Å². The van der Waals surface area contributed by atoms with Crippen LogP contribution in [0.5, 0.6) is 11.5 Å². The zero-order chi connectivity index (χ0) is 29.4. The van der Waals surface area contributed by atoms with E-state index in [1.54, 1.807) is 43.3 Å². The van der Waals surface area contributed by atoms with E-state index in [1.165, 1.54) is 18.1 Å². The summed E-state index contributed by atoms with van der Waals surface area (Å²) >= 11 is 8.03. The third-order valence-electron chi connectivity index (χ3n) is 6.43. The summed E-state index contributed by atoms with van der Waals surface area (Å²) in [5, 5.41) is 33.4. The minimum Gasteiger partial charge on any atom is -0.493 e. The van der Waals surface area contributed by atoms with Crippen LogP contribution in [0, 0.1) is 3.57 Å². The number of hydrogen-bond acceptors (Lipinski definition) is 8. The van der Waals surface area contributed by atoms with E-state index < -0.39 is 35.8 Å². The van der Waals surface area contributed by atoms with Crippen LogP contribution in [0.2, 0.25) is 5.02 Å². The fourth-order valence-electron chi connectivity index (χ4n) is 4.33. The van der Waals surface area contributed by atoms with Gasteiger partial charge in [-0.2, -0.15) is 0 Å². The molecule has 0 fully saturated rings. The Bertz CT molecular complexity index is 1250. The van der Waals surface area contributed by atoms with Crippen molar-refractivity contribution in [1.82, 2.24) is 10.2 Å². The van der Waals surface area contributed by atoms with Crippen molar-refractivity contribution < 1.29 is 39.2 Å². The van der Waals surface area contributed by atoms with Gasteiger partial charge in [0, 0.05) is 36.5 Å². The fraction of sp³-hybridized carbons (Fsp3) is 0.393. The predicted octanol–water partition coefficient (Wildman–Crippen LogP) is 2.37. The quantitative estimate of drug-likeness (QED) is 0.197. The van der Waals surface area contributed by atoms with Crippen LogP contribution < -0.4 is 14.8 Å². The molecule has 2 aromatic rings. The highest BCUT2D eigenvalue weighted by molar-refractivity contribution is 14.1. The molecule has 2 aromatic carbocycles. The number of halogens is 2. The van der Waals surface area contributed by atoms with Crippen LogP contribution in [0.4, 0.5) is 0 Å². The summed E-state index contributed by atoms with van der Waals surface area (Å²) in [6.45, 7) is 1.06. The Morgan fingerprint density at radius 1 is 1.15 bits per heavy atom. The van der Waals surface area contributed by atoms with Gasteiger partial charge in [0.25, 0.3) is 5.91 Å². The van der Waals surface area contributed by atoms with Crippen LogP contribution in [0.15, 0.2) is 48.0 Å². The maximum absolute atomic E-state index is 13.3. The third kappa shape index (κ3) is 7.72. The largest absolute Gasteiger partial charge is 0.493 e. The molecule has 2 amide bonds. The smallest absolute Gasteiger partial charge is 0.290 e. The average Bonchev–Trinajstić information content (AvgIpc) is 2.96. The lowest BCUT2D eigenvalue weighted by atomic mass is 9.87. The lowest BCUT2D eigenvalue weighted by Gasteiger charge is -2.40. The molecule has 0 saturated heterocycles. The van der Waals surface area contributed by atoms with E-state index in [-0.39, 0.29) is 50.5 Å². The molecule has 0 spiro atoms. The SMILES string of the molecule is CCC(=O)C(=O)N(Cc1ccc(Cl)cc1)[C@@H]1CC(C(=O)NCCO)=C[C@H](Oc2c(I)cc(CO)cc2OC)[C@H]1O. The van der Waals surface area contributed by atoms with E-state index in [1.807, 2.05) is 22.6 Å². The summed E-state index contributed by atoms with van der Waals surface area (Å²) in [6, 6.07) is 9.01. The normalized spacial score (nSPS) is 18.5. The van der Waals surface area contributed by atoms with E-state index in [2.05, 4.69) is 5.32 Å². The minimum atomic E-state index is -1.34. The number of nitrogens with one attached hydrogen (secondary N) is 1. The molecule has 1 aliphatic carbocycles. The standard InChI is InChI=1S/C28H32ClIN2O8/c1-3-22(35)28(38)32(14-16-4-6-19(29)7-5-16)21-12-18(27(37)31-8-9-33)13-23(25(21)36)40-26-20(30)10-17(15-34)11-24(26)39-2/h4-7,10-11,13,21,23,25,33-34,36H,3,8-9,12,14-15H2,1-2H3,(H,31,37)/t21-,23+,25+/m1/s1. The van der Waals surface area contributed by atoms with E-state index in [9.17, 15) is 29.7 Å². The molecule has 10 nitrogen and oxygen atoms in total. The zero-order valence-electron chi connectivity index (χ0n) is 22.1. The molecule has 1 aliphatic rings. The van der Waals surface area contributed by atoms with Crippen LogP contribution in [0.3, 0.4) is 0 Å². The van der Waals surface area contributed by atoms with E-state index in [4.69, 9.17) is 21.1 Å². The predicted molar refractivity (Wildman–Crippen MR) is 156 cm³/mol. The summed E-state index contributed by atoms with van der Waals surface area (Å²) in [5.41, 5.74) is 1.48. The van der Waals surface area contributed by atoms with E-state index in [0.717, 1.165) is 0 Å². The van der Waals surface area contributed by atoms with Crippen molar-refractivity contribution in [3.8, 4) is 11.5 Å². The summed E-state index contributed by atoms with van der Waals surface area (Å²) in [4.78, 5) is 40.2. The molecule has 0 aliphatic heterocycles. The van der Waals surface area contributed by atoms with Crippen molar-refractivity contribution in [1.29, 1.82) is 0 Å². The number of aliphatic hydroxyl groups is 3. The molecule has 0 bridgehead atoms. The lowest BCUT2D eigenvalue weighted by molar-refractivity contribution is -0.149. The van der Waals surface area contributed by atoms with E-state index >= 15 is 0 Å². The van der Waals surface area contributed by atoms with Gasteiger partial charge in [0.2, 0.25) is 11.7 Å². The third-order valence-corrected chi connectivity index (χ3v) is 7.48. The highest BCUT2D eigenvalue weighted by Gasteiger charge is 2.42. The number of hydrogen-bond donors (Lipinski definition) is 4. The summed E-state index contributed by atoms with van der Waals surface area (Å²) in [7, 11) is 1.44.